The first-order valence-corrected chi connectivity index (χ1v) is 10.2. The molecule has 0 bridgehead atoms. The highest BCUT2D eigenvalue weighted by Crippen LogP contribution is 2.29. The molecule has 3 aromatic rings. The molecular formula is C19H15N3O4S2. The molecule has 1 N–H and O–H groups in total. The molecule has 1 aliphatic heterocycles. The molecule has 1 fully saturated rings. The lowest BCUT2D eigenvalue weighted by Gasteiger charge is -2.13. The van der Waals surface area contributed by atoms with Crippen LogP contribution in [0.1, 0.15) is 15.9 Å². The number of nitrogens with one attached hydrogen (secondary N) is 1. The fourth-order valence-electron chi connectivity index (χ4n) is 2.78. The topological polar surface area (TPSA) is 88.6 Å². The summed E-state index contributed by atoms with van der Waals surface area (Å²) in [5.74, 6) is 0.378. The van der Waals surface area contributed by atoms with Gasteiger partial charge in [0.15, 0.2) is 5.13 Å². The van der Waals surface area contributed by atoms with Gasteiger partial charge in [-0.15, -0.1) is 0 Å². The predicted octanol–water partition coefficient (Wildman–Crippen LogP) is 3.75. The molecule has 0 aliphatic carbocycles. The van der Waals surface area contributed by atoms with E-state index in [1.54, 1.807) is 31.4 Å². The second-order valence-electron chi connectivity index (χ2n) is 6.04. The third-order valence-electron chi connectivity index (χ3n) is 4.19. The highest BCUT2D eigenvalue weighted by Gasteiger charge is 2.29. The van der Waals surface area contributed by atoms with Crippen molar-refractivity contribution in [2.24, 2.45) is 0 Å². The van der Waals surface area contributed by atoms with Crippen molar-refractivity contribution in [2.45, 2.75) is 6.54 Å². The van der Waals surface area contributed by atoms with E-state index < -0.39 is 0 Å². The van der Waals surface area contributed by atoms with Gasteiger partial charge < -0.3 is 4.74 Å². The lowest BCUT2D eigenvalue weighted by atomic mass is 10.1. The number of rotatable bonds is 5. The van der Waals surface area contributed by atoms with E-state index in [1.807, 2.05) is 18.2 Å². The molecule has 7 nitrogen and oxygen atoms in total. The van der Waals surface area contributed by atoms with Crippen LogP contribution in [-0.2, 0) is 11.3 Å². The smallest absolute Gasteiger partial charge is 0.289 e. The second kappa shape index (κ2) is 7.61. The number of nitrogens with zero attached hydrogens (tertiary/aromatic N) is 2. The van der Waals surface area contributed by atoms with Crippen molar-refractivity contribution in [2.75, 3.05) is 18.2 Å². The highest BCUT2D eigenvalue weighted by atomic mass is 32.2. The van der Waals surface area contributed by atoms with Gasteiger partial charge in [0.2, 0.25) is 5.91 Å². The first kappa shape index (κ1) is 18.5. The molecule has 28 heavy (non-hydrogen) atoms. The number of thioether (sulfide) groups is 1. The zero-order chi connectivity index (χ0) is 19.7. The summed E-state index contributed by atoms with van der Waals surface area (Å²) in [6.45, 7) is 0.159. The summed E-state index contributed by atoms with van der Waals surface area (Å²) in [7, 11) is 1.60. The molecule has 9 heteroatoms. The molecule has 1 saturated heterocycles. The van der Waals surface area contributed by atoms with Gasteiger partial charge in [-0.05, 0) is 35.9 Å². The first-order chi connectivity index (χ1) is 13.5. The van der Waals surface area contributed by atoms with Crippen LogP contribution in [0.5, 0.6) is 5.75 Å². The number of carbonyl (C=O) groups excluding carboxylic acids is 3. The average molecular weight is 413 g/mol. The van der Waals surface area contributed by atoms with E-state index in [-0.39, 0.29) is 29.4 Å². The van der Waals surface area contributed by atoms with Gasteiger partial charge in [0.1, 0.15) is 5.75 Å². The largest absolute Gasteiger partial charge is 0.497 e. The zero-order valence-corrected chi connectivity index (χ0v) is 16.4. The van der Waals surface area contributed by atoms with E-state index in [0.29, 0.717) is 16.3 Å². The normalized spacial score (nSPS) is 14.0. The summed E-state index contributed by atoms with van der Waals surface area (Å²) in [6.07, 6.45) is 0. The minimum absolute atomic E-state index is 0.159. The number of thiazole rings is 1. The van der Waals surface area contributed by atoms with E-state index in [9.17, 15) is 14.4 Å². The van der Waals surface area contributed by atoms with Crippen LogP contribution >= 0.6 is 23.1 Å². The van der Waals surface area contributed by atoms with Crippen molar-refractivity contribution < 1.29 is 19.1 Å². The second-order valence-corrected chi connectivity index (χ2v) is 8.00. The van der Waals surface area contributed by atoms with Crippen molar-refractivity contribution in [3.8, 4) is 5.75 Å². The van der Waals surface area contributed by atoms with Crippen LogP contribution in [0, 0.1) is 0 Å². The van der Waals surface area contributed by atoms with E-state index >= 15 is 0 Å². The quantitative estimate of drug-likeness (QED) is 0.685. The fraction of sp³-hybridized carbons (Fsp3) is 0.158. The van der Waals surface area contributed by atoms with Crippen molar-refractivity contribution in [3.63, 3.8) is 0 Å². The summed E-state index contributed by atoms with van der Waals surface area (Å²) in [5.41, 5.74) is 1.92. The Hall–Kier alpha value is -2.91. The van der Waals surface area contributed by atoms with Gasteiger partial charge in [-0.1, -0.05) is 35.2 Å². The molecule has 1 aliphatic rings. The summed E-state index contributed by atoms with van der Waals surface area (Å²) in [5, 5.41) is 3.03. The number of methoxy groups -OCH3 is 1. The van der Waals surface area contributed by atoms with E-state index in [4.69, 9.17) is 4.74 Å². The molecule has 0 saturated carbocycles. The SMILES string of the molecule is COc1ccc2nc(NC(=O)c3cccc(CN4C(=O)CSC4=O)c3)sc2c1. The number of aromatic nitrogens is 1. The summed E-state index contributed by atoms with van der Waals surface area (Å²) in [4.78, 5) is 41.7. The lowest BCUT2D eigenvalue weighted by Crippen LogP contribution is -2.28. The molecule has 0 radical (unpaired) electrons. The third-order valence-corrected chi connectivity index (χ3v) is 5.98. The van der Waals surface area contributed by atoms with Crippen molar-refractivity contribution in [1.29, 1.82) is 0 Å². The maximum absolute atomic E-state index is 12.6. The van der Waals surface area contributed by atoms with Crippen LogP contribution in [0.3, 0.4) is 0 Å². The molecule has 0 spiro atoms. The van der Waals surface area contributed by atoms with Gasteiger partial charge in [0.25, 0.3) is 11.1 Å². The Morgan fingerprint density at radius 1 is 1.25 bits per heavy atom. The van der Waals surface area contributed by atoms with Crippen molar-refractivity contribution in [1.82, 2.24) is 9.88 Å². The molecular weight excluding hydrogens is 398 g/mol. The standard InChI is InChI=1S/C19H15N3O4S2/c1-26-13-5-6-14-15(8-13)28-18(20-14)21-17(24)12-4-2-3-11(7-12)9-22-16(23)10-27-19(22)25/h2-8H,9-10H2,1H3,(H,20,21,24). The fourth-order valence-corrected chi connectivity index (χ4v) is 4.40. The number of ether oxygens (including phenoxy) is 1. The maximum atomic E-state index is 12.6. The first-order valence-electron chi connectivity index (χ1n) is 8.35. The molecule has 2 aromatic carbocycles. The number of carbonyl (C=O) groups is 3. The minimum atomic E-state index is -0.304. The van der Waals surface area contributed by atoms with Gasteiger partial charge in [0.05, 0.1) is 29.6 Å². The average Bonchev–Trinajstić information content (AvgIpc) is 3.24. The Morgan fingerprint density at radius 2 is 2.11 bits per heavy atom. The maximum Gasteiger partial charge on any atom is 0.289 e. The van der Waals surface area contributed by atoms with Gasteiger partial charge in [-0.3, -0.25) is 24.6 Å². The van der Waals surface area contributed by atoms with E-state index in [0.717, 1.165) is 27.7 Å². The molecule has 1 aromatic heterocycles. The lowest BCUT2D eigenvalue weighted by molar-refractivity contribution is -0.125. The van der Waals surface area contributed by atoms with Gasteiger partial charge in [-0.2, -0.15) is 0 Å². The Kier molecular flexibility index (Phi) is 5.01. The number of amides is 3. The monoisotopic (exact) mass is 413 g/mol. The number of benzene rings is 2. The molecule has 2 heterocycles. The molecule has 4 rings (SSSR count). The van der Waals surface area contributed by atoms with Gasteiger partial charge in [0, 0.05) is 5.56 Å². The number of fused-ring (bicyclic) bond motifs is 1. The van der Waals surface area contributed by atoms with Crippen LogP contribution < -0.4 is 10.1 Å². The van der Waals surface area contributed by atoms with Crippen LogP contribution in [0.25, 0.3) is 10.2 Å². The van der Waals surface area contributed by atoms with Gasteiger partial charge >= 0.3 is 0 Å². The molecule has 3 amide bonds. The van der Waals surface area contributed by atoms with Crippen molar-refractivity contribution >= 4 is 55.5 Å². The zero-order valence-electron chi connectivity index (χ0n) is 14.8. The number of hydrogen-bond acceptors (Lipinski definition) is 7. The van der Waals surface area contributed by atoms with Crippen LogP contribution in [0.15, 0.2) is 42.5 Å². The molecule has 142 valence electrons. The number of hydrogen-bond donors (Lipinski definition) is 1. The van der Waals surface area contributed by atoms with Crippen molar-refractivity contribution in [3.05, 3.63) is 53.6 Å². The third kappa shape index (κ3) is 3.71. The van der Waals surface area contributed by atoms with Crippen LogP contribution in [0.4, 0.5) is 9.93 Å². The Labute approximate surface area is 168 Å². The van der Waals surface area contributed by atoms with E-state index in [2.05, 4.69) is 10.3 Å². The molecule has 0 atom stereocenters. The van der Waals surface area contributed by atoms with E-state index in [1.165, 1.54) is 16.2 Å². The summed E-state index contributed by atoms with van der Waals surface area (Å²) >= 11 is 2.35. The number of anilines is 1. The number of imide groups is 1. The minimum Gasteiger partial charge on any atom is -0.497 e. The summed E-state index contributed by atoms with van der Waals surface area (Å²) < 4.78 is 6.11. The summed E-state index contributed by atoms with van der Waals surface area (Å²) in [6, 6.07) is 12.4. The Morgan fingerprint density at radius 3 is 2.86 bits per heavy atom. The van der Waals surface area contributed by atoms with Crippen LogP contribution in [-0.4, -0.2) is 39.8 Å². The Balaban J connectivity index is 1.50. The highest BCUT2D eigenvalue weighted by molar-refractivity contribution is 8.14. The Bertz CT molecular complexity index is 1080. The van der Waals surface area contributed by atoms with Crippen LogP contribution in [0.2, 0.25) is 0 Å². The molecule has 0 unspecified atom stereocenters. The van der Waals surface area contributed by atoms with Gasteiger partial charge in [-0.25, -0.2) is 4.98 Å². The predicted molar refractivity (Wildman–Crippen MR) is 109 cm³/mol.